The Labute approximate surface area is 250 Å². The fourth-order valence-electron chi connectivity index (χ4n) is 5.63. The van der Waals surface area contributed by atoms with Gasteiger partial charge in [0, 0.05) is 32.5 Å². The molecule has 2 aromatic rings. The van der Waals surface area contributed by atoms with Crippen molar-refractivity contribution < 1.29 is 37.3 Å². The second-order valence-electron chi connectivity index (χ2n) is 11.1. The lowest BCUT2D eigenvalue weighted by Crippen LogP contribution is -2.55. The van der Waals surface area contributed by atoms with Crippen LogP contribution in [-0.4, -0.2) is 73.5 Å². The van der Waals surface area contributed by atoms with Crippen molar-refractivity contribution in [3.8, 4) is 5.75 Å². The van der Waals surface area contributed by atoms with Crippen molar-refractivity contribution in [2.75, 3.05) is 27.3 Å². The van der Waals surface area contributed by atoms with E-state index in [-0.39, 0.29) is 44.6 Å². The molecule has 0 unspecified atom stereocenters. The first-order chi connectivity index (χ1) is 20.6. The SMILES string of the molecule is COc1ccc2c(c1)[C@@H]1C[C@H]2OC/C=C/C[C@H](N(C)C(=O)CCCC(F)(F)F)C(=O)N[C@@H](Cc2ccccc2)[C@H](O)CN1. The summed E-state index contributed by atoms with van der Waals surface area (Å²) in [6.45, 7) is 0.431. The van der Waals surface area contributed by atoms with Crippen molar-refractivity contribution in [2.24, 2.45) is 0 Å². The lowest BCUT2D eigenvalue weighted by molar-refractivity contribution is -0.143. The predicted molar refractivity (Wildman–Crippen MR) is 155 cm³/mol. The van der Waals surface area contributed by atoms with Crippen LogP contribution in [0, 0.1) is 0 Å². The van der Waals surface area contributed by atoms with Crippen LogP contribution < -0.4 is 15.4 Å². The summed E-state index contributed by atoms with van der Waals surface area (Å²) >= 11 is 0. The minimum atomic E-state index is -4.36. The smallest absolute Gasteiger partial charge is 0.389 e. The van der Waals surface area contributed by atoms with E-state index < -0.39 is 42.6 Å². The van der Waals surface area contributed by atoms with Crippen molar-refractivity contribution in [2.45, 2.75) is 75.0 Å². The second kappa shape index (κ2) is 14.9. The number of amides is 2. The van der Waals surface area contributed by atoms with Gasteiger partial charge in [-0.15, -0.1) is 0 Å². The van der Waals surface area contributed by atoms with E-state index in [0.29, 0.717) is 12.8 Å². The molecule has 234 valence electrons. The van der Waals surface area contributed by atoms with E-state index >= 15 is 0 Å². The number of hydrogen-bond donors (Lipinski definition) is 3. The van der Waals surface area contributed by atoms with Crippen LogP contribution in [0.25, 0.3) is 0 Å². The molecule has 0 saturated heterocycles. The molecule has 2 aliphatic rings. The van der Waals surface area contributed by atoms with Crippen molar-refractivity contribution in [3.05, 3.63) is 77.4 Å². The second-order valence-corrected chi connectivity index (χ2v) is 11.1. The van der Waals surface area contributed by atoms with Gasteiger partial charge in [0.05, 0.1) is 32.0 Å². The highest BCUT2D eigenvalue weighted by atomic mass is 19.4. The molecule has 1 aliphatic heterocycles. The number of hydrogen-bond acceptors (Lipinski definition) is 6. The molecule has 0 spiro atoms. The molecular weight excluding hydrogens is 563 g/mol. The summed E-state index contributed by atoms with van der Waals surface area (Å²) in [7, 11) is 3.03. The van der Waals surface area contributed by atoms with Gasteiger partial charge >= 0.3 is 6.18 Å². The number of rotatable bonds is 7. The Morgan fingerprint density at radius 2 is 1.91 bits per heavy atom. The maximum atomic E-state index is 13.6. The number of likely N-dealkylation sites (N-methyl/N-ethyl adjacent to an activating group) is 1. The lowest BCUT2D eigenvalue weighted by Gasteiger charge is -2.31. The number of methoxy groups -OCH3 is 1. The highest BCUT2D eigenvalue weighted by Gasteiger charge is 2.35. The Kier molecular flexibility index (Phi) is 11.2. The van der Waals surface area contributed by atoms with Crippen LogP contribution in [0.2, 0.25) is 0 Å². The summed E-state index contributed by atoms with van der Waals surface area (Å²) in [5.41, 5.74) is 2.97. The third-order valence-electron chi connectivity index (χ3n) is 8.06. The van der Waals surface area contributed by atoms with Gasteiger partial charge < -0.3 is 30.1 Å². The Balaban J connectivity index is 1.58. The molecule has 0 saturated carbocycles. The van der Waals surface area contributed by atoms with Gasteiger partial charge in [-0.1, -0.05) is 48.6 Å². The van der Waals surface area contributed by atoms with E-state index in [1.54, 1.807) is 19.3 Å². The van der Waals surface area contributed by atoms with E-state index in [4.69, 9.17) is 9.47 Å². The van der Waals surface area contributed by atoms with Crippen LogP contribution in [0.5, 0.6) is 5.75 Å². The summed E-state index contributed by atoms with van der Waals surface area (Å²) in [4.78, 5) is 27.7. The molecule has 0 radical (unpaired) electrons. The molecule has 2 amide bonds. The summed E-state index contributed by atoms with van der Waals surface area (Å²) < 4.78 is 49.6. The van der Waals surface area contributed by atoms with Gasteiger partial charge in [0.2, 0.25) is 11.8 Å². The zero-order valence-corrected chi connectivity index (χ0v) is 24.5. The standard InChI is InChI=1S/C32H40F3N3O5/c1-38(30(40)12-8-15-32(33,34)35)27-11-6-7-16-43-29-19-25(24-18-22(42-2)13-14-23(24)29)36-20-28(39)26(37-31(27)41)17-21-9-4-3-5-10-21/h3-7,9-10,13-14,18,25-29,36,39H,8,11-12,15-17,19-20H2,1-2H3,(H,37,41)/b7-6+/t25-,26-,27-,28+,29+/m0/s1. The fourth-order valence-corrected chi connectivity index (χ4v) is 5.63. The van der Waals surface area contributed by atoms with Gasteiger partial charge in [0.25, 0.3) is 0 Å². The lowest BCUT2D eigenvalue weighted by atomic mass is 9.99. The quantitative estimate of drug-likeness (QED) is 0.406. The number of nitrogens with one attached hydrogen (secondary N) is 2. The topological polar surface area (TPSA) is 100 Å². The molecule has 2 bridgehead atoms. The van der Waals surface area contributed by atoms with E-state index in [1.807, 2.05) is 48.5 Å². The molecule has 3 N–H and O–H groups in total. The molecule has 0 aromatic heterocycles. The molecule has 4 rings (SSSR count). The molecular formula is C32H40F3N3O5. The van der Waals surface area contributed by atoms with Gasteiger partial charge in [0.15, 0.2) is 0 Å². The number of fused-ring (bicyclic) bond motifs is 5. The first-order valence-corrected chi connectivity index (χ1v) is 14.6. The minimum absolute atomic E-state index is 0.111. The average molecular weight is 604 g/mol. The Morgan fingerprint density at radius 3 is 2.63 bits per heavy atom. The van der Waals surface area contributed by atoms with E-state index in [2.05, 4.69) is 10.6 Å². The van der Waals surface area contributed by atoms with E-state index in [0.717, 1.165) is 22.4 Å². The van der Waals surface area contributed by atoms with Crippen LogP contribution in [0.3, 0.4) is 0 Å². The number of aliphatic hydroxyl groups is 1. The van der Waals surface area contributed by atoms with Gasteiger partial charge in [-0.3, -0.25) is 9.59 Å². The van der Waals surface area contributed by atoms with Crippen molar-refractivity contribution in [3.63, 3.8) is 0 Å². The first kappa shape index (κ1) is 32.5. The zero-order chi connectivity index (χ0) is 31.0. The van der Waals surface area contributed by atoms with Gasteiger partial charge in [-0.05, 0) is 54.5 Å². The largest absolute Gasteiger partial charge is 0.497 e. The monoisotopic (exact) mass is 603 g/mol. The molecule has 1 aliphatic carbocycles. The molecule has 2 aromatic carbocycles. The number of carbonyl (C=O) groups is 2. The third-order valence-corrected chi connectivity index (χ3v) is 8.06. The summed E-state index contributed by atoms with van der Waals surface area (Å²) in [5, 5.41) is 17.8. The average Bonchev–Trinajstić information content (AvgIpc) is 3.32. The van der Waals surface area contributed by atoms with E-state index in [1.165, 1.54) is 11.9 Å². The molecule has 8 nitrogen and oxygen atoms in total. The van der Waals surface area contributed by atoms with Crippen LogP contribution in [0.4, 0.5) is 13.2 Å². The van der Waals surface area contributed by atoms with Crippen molar-refractivity contribution >= 4 is 11.8 Å². The van der Waals surface area contributed by atoms with Gasteiger partial charge in [-0.25, -0.2) is 0 Å². The van der Waals surface area contributed by atoms with Crippen molar-refractivity contribution in [1.82, 2.24) is 15.5 Å². The number of alkyl halides is 3. The minimum Gasteiger partial charge on any atom is -0.497 e. The van der Waals surface area contributed by atoms with Crippen molar-refractivity contribution in [1.29, 1.82) is 0 Å². The number of carbonyl (C=O) groups excluding carboxylic acids is 2. The highest BCUT2D eigenvalue weighted by Crippen LogP contribution is 2.42. The first-order valence-electron chi connectivity index (χ1n) is 14.6. The van der Waals surface area contributed by atoms with Crippen LogP contribution in [0.1, 0.15) is 60.9 Å². The number of aliphatic hydroxyl groups excluding tert-OH is 1. The van der Waals surface area contributed by atoms with Crippen LogP contribution in [-0.2, 0) is 20.7 Å². The predicted octanol–water partition coefficient (Wildman–Crippen LogP) is 4.40. The molecule has 5 atom stereocenters. The molecule has 43 heavy (non-hydrogen) atoms. The fraction of sp³-hybridized carbons (Fsp3) is 0.500. The van der Waals surface area contributed by atoms with Gasteiger partial charge in [-0.2, -0.15) is 13.2 Å². The normalized spacial score (nSPS) is 25.5. The Hall–Kier alpha value is -3.41. The molecule has 11 heteroatoms. The summed E-state index contributed by atoms with van der Waals surface area (Å²) in [5.74, 6) is -0.333. The summed E-state index contributed by atoms with van der Waals surface area (Å²) in [6.07, 6.45) is -2.68. The number of ether oxygens (including phenoxy) is 2. The molecule has 0 fully saturated rings. The summed E-state index contributed by atoms with van der Waals surface area (Å²) in [6, 6.07) is 13.5. The highest BCUT2D eigenvalue weighted by molar-refractivity contribution is 5.88. The maximum Gasteiger partial charge on any atom is 0.389 e. The Bertz CT molecular complexity index is 1260. The van der Waals surface area contributed by atoms with E-state index in [9.17, 15) is 27.9 Å². The maximum absolute atomic E-state index is 13.6. The number of β-amino-alcohol motifs (C(OH)–C–C–N with tert-alkyl or cyclic N) is 1. The van der Waals surface area contributed by atoms with Crippen LogP contribution in [0.15, 0.2) is 60.7 Å². The number of halogens is 3. The third kappa shape index (κ3) is 9.04. The number of nitrogens with zero attached hydrogens (tertiary/aromatic N) is 1. The zero-order valence-electron chi connectivity index (χ0n) is 24.5. The number of benzene rings is 2. The van der Waals surface area contributed by atoms with Gasteiger partial charge in [0.1, 0.15) is 11.8 Å². The van der Waals surface area contributed by atoms with Crippen LogP contribution >= 0.6 is 0 Å². The Morgan fingerprint density at radius 1 is 1.14 bits per heavy atom. The molecule has 1 heterocycles.